The monoisotopic (exact) mass is 418 g/mol. The molecule has 0 aliphatic rings. The zero-order chi connectivity index (χ0) is 18.0. The van der Waals surface area contributed by atoms with Crippen molar-refractivity contribution in [2.45, 2.75) is 26.2 Å². The Hall–Kier alpha value is -1.92. The summed E-state index contributed by atoms with van der Waals surface area (Å²) in [6.45, 7) is 6.48. The van der Waals surface area contributed by atoms with Crippen LogP contribution in [-0.4, -0.2) is 17.5 Å². The molecule has 3 aromatic rings. The van der Waals surface area contributed by atoms with Crippen LogP contribution in [0.3, 0.4) is 0 Å². The van der Waals surface area contributed by atoms with Crippen LogP contribution in [0.2, 0.25) is 0 Å². The minimum atomic E-state index is -0.224. The third-order valence-electron chi connectivity index (χ3n) is 3.68. The molecule has 0 spiro atoms. The van der Waals surface area contributed by atoms with Crippen molar-refractivity contribution in [1.82, 2.24) is 4.98 Å². The van der Waals surface area contributed by atoms with E-state index in [4.69, 9.17) is 4.74 Å². The van der Waals surface area contributed by atoms with Crippen LogP contribution in [-0.2, 0) is 10.2 Å². The quantitative estimate of drug-likeness (QED) is 0.618. The smallest absolute Gasteiger partial charge is 0.264 e. The maximum absolute atomic E-state index is 12.1. The molecular weight excluding hydrogens is 400 g/mol. The SMILES string of the molecule is CC(C)(C)c1ccc2nc(NC(=O)COc3ccc(Br)cc3)sc2c1. The second kappa shape index (κ2) is 7.14. The van der Waals surface area contributed by atoms with Gasteiger partial charge in [0.05, 0.1) is 10.2 Å². The lowest BCUT2D eigenvalue weighted by molar-refractivity contribution is -0.118. The summed E-state index contributed by atoms with van der Waals surface area (Å²) in [6.07, 6.45) is 0. The lowest BCUT2D eigenvalue weighted by Gasteiger charge is -2.18. The van der Waals surface area contributed by atoms with Gasteiger partial charge in [-0.1, -0.05) is 54.1 Å². The number of nitrogens with one attached hydrogen (secondary N) is 1. The second-order valence-corrected chi connectivity index (χ2v) is 8.69. The van der Waals surface area contributed by atoms with Gasteiger partial charge in [-0.2, -0.15) is 0 Å². The van der Waals surface area contributed by atoms with Crippen LogP contribution in [0.25, 0.3) is 10.2 Å². The number of aromatic nitrogens is 1. The number of hydrogen-bond acceptors (Lipinski definition) is 4. The number of hydrogen-bond donors (Lipinski definition) is 1. The first kappa shape index (κ1) is 17.9. The largest absolute Gasteiger partial charge is 0.484 e. The molecule has 2 aromatic carbocycles. The van der Waals surface area contributed by atoms with Crippen molar-refractivity contribution in [2.24, 2.45) is 0 Å². The molecule has 0 atom stereocenters. The van der Waals surface area contributed by atoms with E-state index < -0.39 is 0 Å². The zero-order valence-electron chi connectivity index (χ0n) is 14.3. The highest BCUT2D eigenvalue weighted by Gasteiger charge is 2.15. The lowest BCUT2D eigenvalue weighted by Crippen LogP contribution is -2.19. The Balaban J connectivity index is 1.65. The first-order valence-electron chi connectivity index (χ1n) is 7.90. The number of anilines is 1. The van der Waals surface area contributed by atoms with Crippen molar-refractivity contribution in [3.8, 4) is 5.75 Å². The Kier molecular flexibility index (Phi) is 5.11. The fraction of sp³-hybridized carbons (Fsp3) is 0.263. The normalized spacial score (nSPS) is 11.5. The van der Waals surface area contributed by atoms with Gasteiger partial charge in [0.25, 0.3) is 5.91 Å². The molecule has 3 rings (SSSR count). The third kappa shape index (κ3) is 4.58. The highest BCUT2D eigenvalue weighted by atomic mass is 79.9. The van der Waals surface area contributed by atoms with Crippen molar-refractivity contribution in [3.63, 3.8) is 0 Å². The molecule has 0 saturated carbocycles. The second-order valence-electron chi connectivity index (χ2n) is 6.74. The van der Waals surface area contributed by atoms with Gasteiger partial charge in [0.2, 0.25) is 0 Å². The fourth-order valence-corrected chi connectivity index (χ4v) is 3.47. The van der Waals surface area contributed by atoms with Crippen molar-refractivity contribution in [1.29, 1.82) is 0 Å². The number of halogens is 1. The van der Waals surface area contributed by atoms with E-state index in [1.807, 2.05) is 30.3 Å². The number of nitrogens with zero attached hydrogens (tertiary/aromatic N) is 1. The van der Waals surface area contributed by atoms with E-state index in [-0.39, 0.29) is 17.9 Å². The first-order chi connectivity index (χ1) is 11.8. The maximum Gasteiger partial charge on any atom is 0.264 e. The summed E-state index contributed by atoms with van der Waals surface area (Å²) in [5.41, 5.74) is 2.22. The molecule has 0 unspecified atom stereocenters. The topological polar surface area (TPSA) is 51.2 Å². The van der Waals surface area contributed by atoms with Crippen molar-refractivity contribution < 1.29 is 9.53 Å². The van der Waals surface area contributed by atoms with Crippen LogP contribution in [0, 0.1) is 0 Å². The van der Waals surface area contributed by atoms with Crippen molar-refractivity contribution >= 4 is 48.5 Å². The highest BCUT2D eigenvalue weighted by molar-refractivity contribution is 9.10. The minimum absolute atomic E-state index is 0.0508. The number of fused-ring (bicyclic) bond motifs is 1. The molecule has 1 N–H and O–H groups in total. The Bertz CT molecular complexity index is 898. The molecule has 6 heteroatoms. The summed E-state index contributed by atoms with van der Waals surface area (Å²) in [4.78, 5) is 16.5. The average Bonchev–Trinajstić information content (AvgIpc) is 2.94. The molecule has 0 fully saturated rings. The van der Waals surface area contributed by atoms with E-state index in [1.54, 1.807) is 0 Å². The van der Waals surface area contributed by atoms with Gasteiger partial charge in [0, 0.05) is 4.47 Å². The van der Waals surface area contributed by atoms with Gasteiger partial charge in [-0.3, -0.25) is 10.1 Å². The average molecular weight is 419 g/mol. The summed E-state index contributed by atoms with van der Waals surface area (Å²) in [6, 6.07) is 13.6. The molecule has 0 radical (unpaired) electrons. The van der Waals surface area contributed by atoms with Crippen LogP contribution < -0.4 is 10.1 Å². The first-order valence-corrected chi connectivity index (χ1v) is 9.51. The molecule has 0 bridgehead atoms. The van der Waals surface area contributed by atoms with Gasteiger partial charge in [-0.05, 0) is 47.4 Å². The van der Waals surface area contributed by atoms with Gasteiger partial charge in [0.15, 0.2) is 11.7 Å². The predicted octanol–water partition coefficient (Wildman–Crippen LogP) is 5.37. The van der Waals surface area contributed by atoms with Gasteiger partial charge in [0.1, 0.15) is 5.75 Å². The van der Waals surface area contributed by atoms with E-state index in [0.29, 0.717) is 10.9 Å². The molecule has 0 aliphatic carbocycles. The van der Waals surface area contributed by atoms with Crippen LogP contribution >= 0.6 is 27.3 Å². The number of ether oxygens (including phenoxy) is 1. The number of amides is 1. The van der Waals surface area contributed by atoms with Crippen LogP contribution in [0.5, 0.6) is 5.75 Å². The molecular formula is C19H19BrN2O2S. The Morgan fingerprint density at radius 2 is 1.92 bits per heavy atom. The summed E-state index contributed by atoms with van der Waals surface area (Å²) >= 11 is 4.84. The molecule has 4 nitrogen and oxygen atoms in total. The molecule has 1 aromatic heterocycles. The summed E-state index contributed by atoms with van der Waals surface area (Å²) < 4.78 is 7.51. The van der Waals surface area contributed by atoms with Gasteiger partial charge in [-0.15, -0.1) is 0 Å². The van der Waals surface area contributed by atoms with Crippen LogP contribution in [0.15, 0.2) is 46.9 Å². The van der Waals surface area contributed by atoms with E-state index in [0.717, 1.165) is 14.7 Å². The molecule has 0 saturated heterocycles. The molecule has 130 valence electrons. The Morgan fingerprint density at radius 1 is 1.20 bits per heavy atom. The van der Waals surface area contributed by atoms with E-state index in [1.165, 1.54) is 16.9 Å². The number of carbonyl (C=O) groups excluding carboxylic acids is 1. The highest BCUT2D eigenvalue weighted by Crippen LogP contribution is 2.31. The third-order valence-corrected chi connectivity index (χ3v) is 5.15. The molecule has 1 amide bonds. The number of benzene rings is 2. The lowest BCUT2D eigenvalue weighted by atomic mass is 9.87. The summed E-state index contributed by atoms with van der Waals surface area (Å²) in [7, 11) is 0. The number of thiazole rings is 1. The standard InChI is InChI=1S/C19H19BrN2O2S/c1-19(2,3)12-4-9-15-16(10-12)25-18(21-15)22-17(23)11-24-14-7-5-13(20)6-8-14/h4-10H,11H2,1-3H3,(H,21,22,23). The summed E-state index contributed by atoms with van der Waals surface area (Å²) in [5.74, 6) is 0.426. The minimum Gasteiger partial charge on any atom is -0.484 e. The van der Waals surface area contributed by atoms with Gasteiger partial charge in [-0.25, -0.2) is 4.98 Å². The number of rotatable bonds is 4. The number of carbonyl (C=O) groups is 1. The van der Waals surface area contributed by atoms with Crippen LogP contribution in [0.1, 0.15) is 26.3 Å². The van der Waals surface area contributed by atoms with E-state index in [9.17, 15) is 4.79 Å². The van der Waals surface area contributed by atoms with Crippen molar-refractivity contribution in [2.75, 3.05) is 11.9 Å². The van der Waals surface area contributed by atoms with E-state index >= 15 is 0 Å². The Morgan fingerprint density at radius 3 is 2.60 bits per heavy atom. The zero-order valence-corrected chi connectivity index (χ0v) is 16.7. The van der Waals surface area contributed by atoms with Gasteiger partial charge >= 0.3 is 0 Å². The molecule has 25 heavy (non-hydrogen) atoms. The van der Waals surface area contributed by atoms with Crippen molar-refractivity contribution in [3.05, 3.63) is 52.5 Å². The van der Waals surface area contributed by atoms with Crippen LogP contribution in [0.4, 0.5) is 5.13 Å². The van der Waals surface area contributed by atoms with Gasteiger partial charge < -0.3 is 4.74 Å². The fourth-order valence-electron chi connectivity index (χ4n) is 2.28. The molecule has 0 aliphatic heterocycles. The maximum atomic E-state index is 12.1. The van der Waals surface area contributed by atoms with E-state index in [2.05, 4.69) is 59.1 Å². The molecule has 1 heterocycles. The Labute approximate surface area is 159 Å². The predicted molar refractivity (Wildman–Crippen MR) is 107 cm³/mol. The summed E-state index contributed by atoms with van der Waals surface area (Å²) in [5, 5.41) is 3.39.